The van der Waals surface area contributed by atoms with Crippen LogP contribution < -0.4 is 16.4 Å². The summed E-state index contributed by atoms with van der Waals surface area (Å²) in [5.74, 6) is 0.00463. The zero-order chi connectivity index (χ0) is 9.82. The predicted octanol–water partition coefficient (Wildman–Crippen LogP) is -0.303. The molecule has 0 aromatic heterocycles. The molecule has 0 aromatic carbocycles. The van der Waals surface area contributed by atoms with E-state index in [0.717, 1.165) is 0 Å². The van der Waals surface area contributed by atoms with Crippen LogP contribution >= 0.6 is 0 Å². The third-order valence-electron chi connectivity index (χ3n) is 1.31. The van der Waals surface area contributed by atoms with E-state index in [9.17, 15) is 4.79 Å². The van der Waals surface area contributed by atoms with Crippen LogP contribution in [0.5, 0.6) is 0 Å². The quantitative estimate of drug-likeness (QED) is 0.473. The Bertz CT molecular complexity index is 84.7. The predicted molar refractivity (Wildman–Crippen MR) is 52.0 cm³/mol. The number of hydrogen-bond acceptors (Lipinski definition) is 3. The maximum atomic E-state index is 9.70. The van der Waals surface area contributed by atoms with Crippen molar-refractivity contribution in [1.82, 2.24) is 10.6 Å². The first-order valence-corrected chi connectivity index (χ1v) is 4.24. The average molecular weight is 175 g/mol. The van der Waals surface area contributed by atoms with Gasteiger partial charge in [-0.05, 0) is 33.0 Å². The molecule has 0 bridgehead atoms. The minimum absolute atomic E-state index is 0.00463. The number of nitrogens with one attached hydrogen (secondary N) is 2. The summed E-state index contributed by atoms with van der Waals surface area (Å²) in [5, 5.41) is 5.61. The van der Waals surface area contributed by atoms with E-state index in [1.54, 1.807) is 7.05 Å². The smallest absolute Gasteiger partial charge is 0.216 e. The molecule has 4 heteroatoms. The third kappa shape index (κ3) is 16.2. The molecule has 0 aromatic rings. The maximum Gasteiger partial charge on any atom is 0.216 e. The second-order valence-electron chi connectivity index (χ2n) is 2.26. The Kier molecular flexibility index (Phi) is 15.1. The maximum absolute atomic E-state index is 9.70. The molecule has 1 rings (SSSR count). The van der Waals surface area contributed by atoms with E-state index in [1.807, 2.05) is 0 Å². The zero-order valence-corrected chi connectivity index (χ0v) is 8.31. The molecule has 1 aliphatic heterocycles. The number of nitrogens with two attached hydrogens (primary N) is 1. The van der Waals surface area contributed by atoms with E-state index < -0.39 is 0 Å². The zero-order valence-electron chi connectivity index (χ0n) is 8.31. The molecule has 74 valence electrons. The summed E-state index contributed by atoms with van der Waals surface area (Å²) < 4.78 is 0. The van der Waals surface area contributed by atoms with Gasteiger partial charge in [-0.1, -0.05) is 0 Å². The van der Waals surface area contributed by atoms with Crippen molar-refractivity contribution in [2.75, 3.05) is 27.2 Å². The Morgan fingerprint density at radius 1 is 1.33 bits per heavy atom. The summed E-state index contributed by atoms with van der Waals surface area (Å²) in [7, 11) is 3.10. The summed E-state index contributed by atoms with van der Waals surface area (Å²) in [6.07, 6.45) is 2.78. The molecule has 1 heterocycles. The lowest BCUT2D eigenvalue weighted by atomic mass is 10.4. The van der Waals surface area contributed by atoms with Crippen LogP contribution in [0.2, 0.25) is 0 Å². The molecule has 4 nitrogen and oxygen atoms in total. The van der Waals surface area contributed by atoms with Gasteiger partial charge in [-0.3, -0.25) is 4.79 Å². The lowest BCUT2D eigenvalue weighted by Gasteiger charge is -1.80. The first kappa shape index (κ1) is 13.9. The van der Waals surface area contributed by atoms with Gasteiger partial charge in [-0.2, -0.15) is 0 Å². The molecule has 0 unspecified atom stereocenters. The van der Waals surface area contributed by atoms with Gasteiger partial charge in [0.05, 0.1) is 0 Å². The molecule has 1 fully saturated rings. The highest BCUT2D eigenvalue weighted by Crippen LogP contribution is 1.90. The highest BCUT2D eigenvalue weighted by Gasteiger charge is 1.93. The van der Waals surface area contributed by atoms with Crippen molar-refractivity contribution in [3.05, 3.63) is 0 Å². The topological polar surface area (TPSA) is 67.2 Å². The van der Waals surface area contributed by atoms with Crippen LogP contribution in [-0.2, 0) is 4.79 Å². The van der Waals surface area contributed by atoms with E-state index >= 15 is 0 Å². The average Bonchev–Trinajstić information content (AvgIpc) is 2.65. The molecule has 0 spiro atoms. The normalized spacial score (nSPS) is 13.3. The Balaban J connectivity index is 0. The van der Waals surface area contributed by atoms with Crippen LogP contribution in [0.4, 0.5) is 0 Å². The highest BCUT2D eigenvalue weighted by atomic mass is 16.1. The summed E-state index contributed by atoms with van der Waals surface area (Å²) in [6.45, 7) is 3.97. The van der Waals surface area contributed by atoms with Gasteiger partial charge in [0.1, 0.15) is 0 Å². The summed E-state index contributed by atoms with van der Waals surface area (Å²) >= 11 is 0. The van der Waals surface area contributed by atoms with Crippen LogP contribution in [0.15, 0.2) is 0 Å². The van der Waals surface area contributed by atoms with Gasteiger partial charge in [-0.25, -0.2) is 0 Å². The number of carbonyl (C=O) groups excluding carboxylic acids is 1. The van der Waals surface area contributed by atoms with Crippen LogP contribution in [0, 0.1) is 0 Å². The van der Waals surface area contributed by atoms with Gasteiger partial charge in [0.2, 0.25) is 5.91 Å². The van der Waals surface area contributed by atoms with Crippen molar-refractivity contribution < 1.29 is 4.79 Å². The number of amides is 1. The van der Waals surface area contributed by atoms with E-state index in [1.165, 1.54) is 39.9 Å². The number of rotatable bonds is 0. The van der Waals surface area contributed by atoms with Crippen LogP contribution in [-0.4, -0.2) is 33.1 Å². The van der Waals surface area contributed by atoms with Crippen molar-refractivity contribution in [2.45, 2.75) is 19.8 Å². The molecule has 0 atom stereocenters. The third-order valence-corrected chi connectivity index (χ3v) is 1.31. The number of hydrogen-bond donors (Lipinski definition) is 3. The minimum Gasteiger partial charge on any atom is -0.359 e. The molecule has 0 radical (unpaired) electrons. The minimum atomic E-state index is 0.00463. The van der Waals surface area contributed by atoms with Crippen molar-refractivity contribution in [3.63, 3.8) is 0 Å². The molecule has 1 amide bonds. The highest BCUT2D eigenvalue weighted by molar-refractivity contribution is 5.72. The van der Waals surface area contributed by atoms with Gasteiger partial charge in [0, 0.05) is 14.0 Å². The molecule has 1 aliphatic rings. The Morgan fingerprint density at radius 2 is 1.67 bits per heavy atom. The Morgan fingerprint density at radius 3 is 1.75 bits per heavy atom. The molecule has 4 N–H and O–H groups in total. The largest absolute Gasteiger partial charge is 0.359 e. The van der Waals surface area contributed by atoms with E-state index in [4.69, 9.17) is 0 Å². The van der Waals surface area contributed by atoms with Gasteiger partial charge >= 0.3 is 0 Å². The van der Waals surface area contributed by atoms with E-state index in [0.29, 0.717) is 0 Å². The first-order chi connectivity index (χ1) is 5.77. The fourth-order valence-electron chi connectivity index (χ4n) is 0.625. The van der Waals surface area contributed by atoms with Crippen molar-refractivity contribution in [3.8, 4) is 0 Å². The second kappa shape index (κ2) is 13.0. The monoisotopic (exact) mass is 175 g/mol. The molecular formula is C8H21N3O. The van der Waals surface area contributed by atoms with Gasteiger partial charge in [0.25, 0.3) is 0 Å². The lowest BCUT2D eigenvalue weighted by Crippen LogP contribution is -2.11. The van der Waals surface area contributed by atoms with Crippen LogP contribution in [0.1, 0.15) is 19.8 Å². The first-order valence-electron chi connectivity index (χ1n) is 4.24. The van der Waals surface area contributed by atoms with Crippen molar-refractivity contribution >= 4 is 5.91 Å². The van der Waals surface area contributed by atoms with Gasteiger partial charge < -0.3 is 16.4 Å². The standard InChI is InChI=1S/C4H9N.C3H7NO.CH5N/c1-2-4-5-3-1;1-3(5)4-2;1-2/h5H,1-4H2;1-2H3,(H,4,5);2H2,1H3. The van der Waals surface area contributed by atoms with E-state index in [2.05, 4.69) is 16.4 Å². The fourth-order valence-corrected chi connectivity index (χ4v) is 0.625. The SMILES string of the molecule is C1CCNC1.CN.CNC(C)=O. The van der Waals surface area contributed by atoms with Crippen molar-refractivity contribution in [2.24, 2.45) is 5.73 Å². The van der Waals surface area contributed by atoms with Crippen LogP contribution in [0.3, 0.4) is 0 Å². The van der Waals surface area contributed by atoms with Gasteiger partial charge in [0.15, 0.2) is 0 Å². The van der Waals surface area contributed by atoms with E-state index in [-0.39, 0.29) is 5.91 Å². The fraction of sp³-hybridized carbons (Fsp3) is 0.875. The molecule has 1 saturated heterocycles. The Hall–Kier alpha value is -0.610. The van der Waals surface area contributed by atoms with Crippen LogP contribution in [0.25, 0.3) is 0 Å². The lowest BCUT2D eigenvalue weighted by molar-refractivity contribution is -0.118. The number of carbonyl (C=O) groups is 1. The molecule has 12 heavy (non-hydrogen) atoms. The molecule has 0 aliphatic carbocycles. The van der Waals surface area contributed by atoms with Crippen molar-refractivity contribution in [1.29, 1.82) is 0 Å². The van der Waals surface area contributed by atoms with Gasteiger partial charge in [-0.15, -0.1) is 0 Å². The summed E-state index contributed by atoms with van der Waals surface area (Å²) in [5.41, 5.74) is 4.50. The Labute approximate surface area is 74.9 Å². The molecular weight excluding hydrogens is 154 g/mol. The summed E-state index contributed by atoms with van der Waals surface area (Å²) in [4.78, 5) is 9.70. The second-order valence-corrected chi connectivity index (χ2v) is 2.26. The summed E-state index contributed by atoms with van der Waals surface area (Å²) in [6, 6.07) is 0. The molecule has 0 saturated carbocycles.